The second kappa shape index (κ2) is 3.38. The van der Waals surface area contributed by atoms with E-state index in [9.17, 15) is 5.11 Å². The first-order valence-electron chi connectivity index (χ1n) is 4.66. The number of aromatic nitrogens is 2. The van der Waals surface area contributed by atoms with Gasteiger partial charge >= 0.3 is 0 Å². The van der Waals surface area contributed by atoms with Crippen molar-refractivity contribution in [2.45, 2.75) is 18.9 Å². The average molecular weight is 181 g/mol. The van der Waals surface area contributed by atoms with E-state index in [1.165, 1.54) is 12.8 Å². The highest BCUT2D eigenvalue weighted by molar-refractivity contribution is 5.25. The highest BCUT2D eigenvalue weighted by Gasteiger charge is 2.29. The summed E-state index contributed by atoms with van der Waals surface area (Å²) in [6, 6.07) is 0. The zero-order chi connectivity index (χ0) is 9.26. The molecule has 4 heteroatoms. The number of nitrogens with one attached hydrogen (secondary N) is 1. The van der Waals surface area contributed by atoms with Crippen molar-refractivity contribution in [3.8, 4) is 0 Å². The van der Waals surface area contributed by atoms with Gasteiger partial charge in [-0.25, -0.2) is 4.98 Å². The molecule has 0 aromatic carbocycles. The minimum absolute atomic E-state index is 0.211. The summed E-state index contributed by atoms with van der Waals surface area (Å²) < 4.78 is 1.90. The first-order valence-corrected chi connectivity index (χ1v) is 4.66. The summed E-state index contributed by atoms with van der Waals surface area (Å²) in [6.07, 6.45) is 5.75. The minimum Gasteiger partial charge on any atom is -0.391 e. The normalized spacial score (nSPS) is 18.6. The third-order valence-corrected chi connectivity index (χ3v) is 2.46. The smallest absolute Gasteiger partial charge is 0.202 e. The van der Waals surface area contributed by atoms with E-state index in [4.69, 9.17) is 0 Å². The molecule has 1 heterocycles. The van der Waals surface area contributed by atoms with Crippen molar-refractivity contribution in [2.24, 2.45) is 13.0 Å². The first kappa shape index (κ1) is 8.56. The molecule has 1 unspecified atom stereocenters. The largest absolute Gasteiger partial charge is 0.391 e. The molecule has 1 aromatic heterocycles. The maximum atomic E-state index is 9.58. The van der Waals surface area contributed by atoms with Crippen LogP contribution >= 0.6 is 0 Å². The third kappa shape index (κ3) is 2.01. The lowest BCUT2D eigenvalue weighted by Crippen LogP contribution is -2.22. The lowest BCUT2D eigenvalue weighted by molar-refractivity contribution is 0.164. The van der Waals surface area contributed by atoms with Gasteiger partial charge in [-0.1, -0.05) is 0 Å². The van der Waals surface area contributed by atoms with Gasteiger partial charge in [0.15, 0.2) is 0 Å². The number of nitrogens with zero attached hydrogens (tertiary/aromatic N) is 2. The molecule has 0 radical (unpaired) electrons. The lowest BCUT2D eigenvalue weighted by atomic mass is 10.2. The van der Waals surface area contributed by atoms with Gasteiger partial charge in [-0.2, -0.15) is 0 Å². The number of aliphatic hydroxyl groups excluding tert-OH is 1. The van der Waals surface area contributed by atoms with E-state index in [0.717, 1.165) is 5.95 Å². The molecule has 1 aromatic rings. The predicted octanol–water partition coefficient (Wildman–Crippen LogP) is 0.603. The topological polar surface area (TPSA) is 50.1 Å². The van der Waals surface area contributed by atoms with E-state index < -0.39 is 0 Å². The Morgan fingerprint density at radius 2 is 2.54 bits per heavy atom. The quantitative estimate of drug-likeness (QED) is 0.715. The molecule has 0 amide bonds. The van der Waals surface area contributed by atoms with Crippen molar-refractivity contribution in [1.29, 1.82) is 0 Å². The molecule has 1 aliphatic carbocycles. The van der Waals surface area contributed by atoms with Gasteiger partial charge in [-0.15, -0.1) is 0 Å². The lowest BCUT2D eigenvalue weighted by Gasteiger charge is -2.10. The van der Waals surface area contributed by atoms with Gasteiger partial charge in [0.25, 0.3) is 0 Å². The summed E-state index contributed by atoms with van der Waals surface area (Å²) in [7, 11) is 1.93. The Balaban J connectivity index is 1.81. The second-order valence-corrected chi connectivity index (χ2v) is 3.65. The molecule has 0 spiro atoms. The van der Waals surface area contributed by atoms with E-state index in [2.05, 4.69) is 10.3 Å². The van der Waals surface area contributed by atoms with Crippen molar-refractivity contribution in [1.82, 2.24) is 9.55 Å². The van der Waals surface area contributed by atoms with Crippen molar-refractivity contribution in [3.05, 3.63) is 12.4 Å². The van der Waals surface area contributed by atoms with Gasteiger partial charge in [-0.05, 0) is 18.8 Å². The van der Waals surface area contributed by atoms with E-state index >= 15 is 0 Å². The van der Waals surface area contributed by atoms with Gasteiger partial charge in [-0.3, -0.25) is 0 Å². The second-order valence-electron chi connectivity index (χ2n) is 3.65. The Labute approximate surface area is 77.6 Å². The van der Waals surface area contributed by atoms with E-state index in [-0.39, 0.29) is 6.10 Å². The molecule has 0 saturated heterocycles. The molecule has 1 fully saturated rings. The Kier molecular flexibility index (Phi) is 2.22. The van der Waals surface area contributed by atoms with Crippen molar-refractivity contribution in [2.75, 3.05) is 11.9 Å². The molecular weight excluding hydrogens is 166 g/mol. The Morgan fingerprint density at radius 3 is 3.08 bits per heavy atom. The molecule has 0 aliphatic heterocycles. The number of imidazole rings is 1. The predicted molar refractivity (Wildman–Crippen MR) is 50.4 cm³/mol. The molecule has 2 rings (SSSR count). The Morgan fingerprint density at radius 1 is 1.77 bits per heavy atom. The van der Waals surface area contributed by atoms with Crippen LogP contribution < -0.4 is 5.32 Å². The maximum absolute atomic E-state index is 9.58. The zero-order valence-electron chi connectivity index (χ0n) is 7.77. The van der Waals surface area contributed by atoms with Crippen LogP contribution in [0.3, 0.4) is 0 Å². The van der Waals surface area contributed by atoms with Crippen LogP contribution in [-0.4, -0.2) is 27.3 Å². The summed E-state index contributed by atoms with van der Waals surface area (Å²) in [4.78, 5) is 4.11. The summed E-state index contributed by atoms with van der Waals surface area (Å²) in [5, 5.41) is 12.7. The number of aliphatic hydroxyl groups is 1. The van der Waals surface area contributed by atoms with Gasteiger partial charge in [0.1, 0.15) is 0 Å². The van der Waals surface area contributed by atoms with Crippen molar-refractivity contribution < 1.29 is 5.11 Å². The van der Waals surface area contributed by atoms with Crippen LogP contribution in [0.1, 0.15) is 12.8 Å². The molecule has 0 bridgehead atoms. The van der Waals surface area contributed by atoms with Crippen molar-refractivity contribution >= 4 is 5.95 Å². The first-order chi connectivity index (χ1) is 6.27. The maximum Gasteiger partial charge on any atom is 0.202 e. The van der Waals surface area contributed by atoms with Crippen LogP contribution in [0.4, 0.5) is 5.95 Å². The fourth-order valence-electron chi connectivity index (χ4n) is 1.38. The molecule has 2 N–H and O–H groups in total. The van der Waals surface area contributed by atoms with E-state index in [0.29, 0.717) is 12.5 Å². The highest BCUT2D eigenvalue weighted by Crippen LogP contribution is 2.32. The molecule has 4 nitrogen and oxygen atoms in total. The summed E-state index contributed by atoms with van der Waals surface area (Å²) >= 11 is 0. The number of aryl methyl sites for hydroxylation is 1. The Bertz CT molecular complexity index is 280. The number of anilines is 1. The number of rotatable bonds is 4. The summed E-state index contributed by atoms with van der Waals surface area (Å²) in [5.41, 5.74) is 0. The van der Waals surface area contributed by atoms with E-state index in [1.807, 2.05) is 17.8 Å². The van der Waals surface area contributed by atoms with Crippen LogP contribution in [0.5, 0.6) is 0 Å². The van der Waals surface area contributed by atoms with E-state index in [1.54, 1.807) is 6.20 Å². The van der Waals surface area contributed by atoms with Gasteiger partial charge < -0.3 is 15.0 Å². The molecule has 1 aliphatic rings. The average Bonchev–Trinajstić information content (AvgIpc) is 2.88. The van der Waals surface area contributed by atoms with Gasteiger partial charge in [0.05, 0.1) is 6.10 Å². The molecular formula is C9H15N3O. The van der Waals surface area contributed by atoms with Crippen molar-refractivity contribution in [3.63, 3.8) is 0 Å². The van der Waals surface area contributed by atoms with Crippen LogP contribution in [0, 0.1) is 5.92 Å². The monoisotopic (exact) mass is 181 g/mol. The fraction of sp³-hybridized carbons (Fsp3) is 0.667. The Hall–Kier alpha value is -1.03. The van der Waals surface area contributed by atoms with Crippen LogP contribution in [0.2, 0.25) is 0 Å². The fourth-order valence-corrected chi connectivity index (χ4v) is 1.38. The molecule has 1 saturated carbocycles. The molecule has 72 valence electrons. The van der Waals surface area contributed by atoms with Crippen LogP contribution in [-0.2, 0) is 7.05 Å². The van der Waals surface area contributed by atoms with Crippen LogP contribution in [0.25, 0.3) is 0 Å². The minimum atomic E-state index is -0.211. The molecule has 13 heavy (non-hydrogen) atoms. The highest BCUT2D eigenvalue weighted by atomic mass is 16.3. The van der Waals surface area contributed by atoms with Crippen LogP contribution in [0.15, 0.2) is 12.4 Å². The summed E-state index contributed by atoms with van der Waals surface area (Å²) in [6.45, 7) is 0.607. The van der Waals surface area contributed by atoms with Gasteiger partial charge in [0.2, 0.25) is 5.95 Å². The van der Waals surface area contributed by atoms with Gasteiger partial charge in [0, 0.05) is 26.0 Å². The zero-order valence-corrected chi connectivity index (χ0v) is 7.77. The standard InChI is InChI=1S/C9H15N3O/c1-12-5-4-10-9(12)11-6-8(13)7-2-3-7/h4-5,7-8,13H,2-3,6H2,1H3,(H,10,11). The number of hydrogen-bond acceptors (Lipinski definition) is 3. The molecule has 1 atom stereocenters. The number of hydrogen-bond donors (Lipinski definition) is 2. The SMILES string of the molecule is Cn1ccnc1NCC(O)C1CC1. The third-order valence-electron chi connectivity index (χ3n) is 2.46. The summed E-state index contributed by atoms with van der Waals surface area (Å²) in [5.74, 6) is 1.34.